The fourth-order valence-electron chi connectivity index (χ4n) is 2.29. The summed E-state index contributed by atoms with van der Waals surface area (Å²) in [4.78, 5) is 10.1. The topological polar surface area (TPSA) is 73.6 Å². The average Bonchev–Trinajstić information content (AvgIpc) is 2.94. The Morgan fingerprint density at radius 3 is 2.90 bits per heavy atom. The number of nitrogens with zero attached hydrogens (tertiary/aromatic N) is 1. The smallest absolute Gasteiger partial charge is 0.313 e. The molecule has 1 aliphatic heterocycles. The molecule has 2 unspecified atom stereocenters. The number of halogens is 1. The standard InChI is InChI=1S/C13H17FN2O4/c1-8(12-4-3-5-20-12)15-10-7-13(19-2)11(16(17)18)6-9(10)14/h6-8,12,15H,3-5H2,1-2H3. The molecule has 1 aromatic carbocycles. The van der Waals surface area contributed by atoms with Gasteiger partial charge in [-0.15, -0.1) is 0 Å². The molecular weight excluding hydrogens is 267 g/mol. The molecule has 0 aliphatic carbocycles. The molecule has 0 aromatic heterocycles. The number of nitrogens with one attached hydrogen (secondary N) is 1. The van der Waals surface area contributed by atoms with Crippen molar-refractivity contribution >= 4 is 11.4 Å². The van der Waals surface area contributed by atoms with E-state index in [1.807, 2.05) is 6.92 Å². The van der Waals surface area contributed by atoms with Gasteiger partial charge >= 0.3 is 5.69 Å². The zero-order valence-electron chi connectivity index (χ0n) is 11.4. The molecule has 0 radical (unpaired) electrons. The molecule has 2 rings (SSSR count). The van der Waals surface area contributed by atoms with Crippen LogP contribution in [0.25, 0.3) is 0 Å². The van der Waals surface area contributed by atoms with Crippen LogP contribution in [-0.2, 0) is 4.74 Å². The maximum absolute atomic E-state index is 13.9. The summed E-state index contributed by atoms with van der Waals surface area (Å²) in [5.41, 5.74) is -0.212. The van der Waals surface area contributed by atoms with Gasteiger partial charge in [-0.1, -0.05) is 0 Å². The minimum atomic E-state index is -0.678. The van der Waals surface area contributed by atoms with E-state index in [2.05, 4.69) is 5.32 Å². The molecule has 0 spiro atoms. The van der Waals surface area contributed by atoms with E-state index in [9.17, 15) is 14.5 Å². The van der Waals surface area contributed by atoms with Crippen molar-refractivity contribution in [1.82, 2.24) is 0 Å². The van der Waals surface area contributed by atoms with Crippen LogP contribution in [0.4, 0.5) is 15.8 Å². The largest absolute Gasteiger partial charge is 0.490 e. The van der Waals surface area contributed by atoms with E-state index in [-0.39, 0.29) is 29.3 Å². The Bertz CT molecular complexity index is 503. The molecular formula is C13H17FN2O4. The average molecular weight is 284 g/mol. The maximum Gasteiger partial charge on any atom is 0.313 e. The zero-order valence-corrected chi connectivity index (χ0v) is 11.4. The quantitative estimate of drug-likeness (QED) is 0.664. The van der Waals surface area contributed by atoms with Crippen molar-refractivity contribution in [3.63, 3.8) is 0 Å². The summed E-state index contributed by atoms with van der Waals surface area (Å²) in [6, 6.07) is 2.08. The van der Waals surface area contributed by atoms with Gasteiger partial charge in [0.25, 0.3) is 0 Å². The SMILES string of the molecule is COc1cc(NC(C)C2CCCO2)c(F)cc1[N+](=O)[O-]. The van der Waals surface area contributed by atoms with E-state index in [4.69, 9.17) is 9.47 Å². The second-order valence-corrected chi connectivity index (χ2v) is 4.75. The summed E-state index contributed by atoms with van der Waals surface area (Å²) in [7, 11) is 1.31. The molecule has 0 amide bonds. The summed E-state index contributed by atoms with van der Waals surface area (Å²) in [6.07, 6.45) is 1.93. The summed E-state index contributed by atoms with van der Waals surface area (Å²) in [5.74, 6) is -0.652. The van der Waals surface area contributed by atoms with Gasteiger partial charge in [-0.2, -0.15) is 0 Å². The summed E-state index contributed by atoms with van der Waals surface area (Å²) in [5, 5.41) is 13.8. The molecule has 1 aliphatic rings. The minimum absolute atomic E-state index is 0.0237. The van der Waals surface area contributed by atoms with Gasteiger partial charge in [0.1, 0.15) is 0 Å². The Balaban J connectivity index is 2.21. The van der Waals surface area contributed by atoms with Gasteiger partial charge in [-0.05, 0) is 19.8 Å². The van der Waals surface area contributed by atoms with E-state index in [0.29, 0.717) is 6.61 Å². The fourth-order valence-corrected chi connectivity index (χ4v) is 2.29. The van der Waals surface area contributed by atoms with Gasteiger partial charge in [-0.25, -0.2) is 4.39 Å². The Labute approximate surface area is 116 Å². The number of rotatable bonds is 5. The highest BCUT2D eigenvalue weighted by Gasteiger charge is 2.25. The van der Waals surface area contributed by atoms with Crippen molar-refractivity contribution in [2.24, 2.45) is 0 Å². The third-order valence-electron chi connectivity index (χ3n) is 3.37. The van der Waals surface area contributed by atoms with Crippen molar-refractivity contribution in [1.29, 1.82) is 0 Å². The number of nitro groups is 1. The van der Waals surface area contributed by atoms with Crippen molar-refractivity contribution in [2.45, 2.75) is 31.9 Å². The molecule has 0 bridgehead atoms. The minimum Gasteiger partial charge on any atom is -0.490 e. The van der Waals surface area contributed by atoms with Crippen molar-refractivity contribution < 1.29 is 18.8 Å². The zero-order chi connectivity index (χ0) is 14.7. The normalized spacial score (nSPS) is 19.6. The van der Waals surface area contributed by atoms with Crippen molar-refractivity contribution in [3.8, 4) is 5.75 Å². The lowest BCUT2D eigenvalue weighted by Crippen LogP contribution is -2.30. The highest BCUT2D eigenvalue weighted by Crippen LogP contribution is 2.33. The third-order valence-corrected chi connectivity index (χ3v) is 3.37. The van der Waals surface area contributed by atoms with Crippen LogP contribution in [0.3, 0.4) is 0 Å². The van der Waals surface area contributed by atoms with E-state index in [1.165, 1.54) is 13.2 Å². The van der Waals surface area contributed by atoms with Crippen LogP contribution >= 0.6 is 0 Å². The van der Waals surface area contributed by atoms with Gasteiger partial charge < -0.3 is 14.8 Å². The summed E-state index contributed by atoms with van der Waals surface area (Å²) >= 11 is 0. The monoisotopic (exact) mass is 284 g/mol. The lowest BCUT2D eigenvalue weighted by molar-refractivity contribution is -0.385. The first kappa shape index (κ1) is 14.5. The lowest BCUT2D eigenvalue weighted by Gasteiger charge is -2.21. The molecule has 1 aromatic rings. The van der Waals surface area contributed by atoms with Gasteiger partial charge in [0.05, 0.1) is 29.9 Å². The first-order chi connectivity index (χ1) is 9.52. The maximum atomic E-state index is 13.9. The van der Waals surface area contributed by atoms with E-state index < -0.39 is 10.7 Å². The van der Waals surface area contributed by atoms with E-state index >= 15 is 0 Å². The molecule has 20 heavy (non-hydrogen) atoms. The Morgan fingerprint density at radius 2 is 2.35 bits per heavy atom. The molecule has 1 N–H and O–H groups in total. The van der Waals surface area contributed by atoms with Crippen LogP contribution in [0.2, 0.25) is 0 Å². The molecule has 2 atom stereocenters. The van der Waals surface area contributed by atoms with E-state index in [0.717, 1.165) is 18.9 Å². The Kier molecular flexibility index (Phi) is 4.39. The molecule has 1 fully saturated rings. The van der Waals surface area contributed by atoms with Gasteiger partial charge in [0.2, 0.25) is 0 Å². The predicted octanol–water partition coefficient (Wildman–Crippen LogP) is 2.72. The molecule has 1 heterocycles. The number of nitro benzene ring substituents is 1. The second-order valence-electron chi connectivity index (χ2n) is 4.75. The Hall–Kier alpha value is -1.89. The first-order valence-corrected chi connectivity index (χ1v) is 6.43. The van der Waals surface area contributed by atoms with Gasteiger partial charge in [-0.3, -0.25) is 10.1 Å². The fraction of sp³-hybridized carbons (Fsp3) is 0.538. The highest BCUT2D eigenvalue weighted by atomic mass is 19.1. The number of methoxy groups -OCH3 is 1. The van der Waals surface area contributed by atoms with Gasteiger partial charge in [0.15, 0.2) is 11.6 Å². The Morgan fingerprint density at radius 1 is 1.60 bits per heavy atom. The highest BCUT2D eigenvalue weighted by molar-refractivity contribution is 5.59. The number of ether oxygens (including phenoxy) is 2. The molecule has 6 nitrogen and oxygen atoms in total. The molecule has 0 saturated carbocycles. The molecule has 7 heteroatoms. The third kappa shape index (κ3) is 2.98. The summed E-state index contributed by atoms with van der Waals surface area (Å²) in [6.45, 7) is 2.60. The van der Waals surface area contributed by atoms with Crippen LogP contribution in [0.1, 0.15) is 19.8 Å². The molecule has 1 saturated heterocycles. The van der Waals surface area contributed by atoms with Gasteiger partial charge in [0, 0.05) is 18.7 Å². The van der Waals surface area contributed by atoms with Crippen LogP contribution in [0, 0.1) is 15.9 Å². The first-order valence-electron chi connectivity index (χ1n) is 6.43. The number of hydrogen-bond acceptors (Lipinski definition) is 5. The summed E-state index contributed by atoms with van der Waals surface area (Å²) < 4.78 is 24.4. The van der Waals surface area contributed by atoms with E-state index in [1.54, 1.807) is 0 Å². The number of benzene rings is 1. The second kappa shape index (κ2) is 6.04. The van der Waals surface area contributed by atoms with Crippen LogP contribution in [-0.4, -0.2) is 30.8 Å². The van der Waals surface area contributed by atoms with Crippen LogP contribution < -0.4 is 10.1 Å². The number of hydrogen-bond donors (Lipinski definition) is 1. The van der Waals surface area contributed by atoms with Crippen molar-refractivity contribution in [2.75, 3.05) is 19.0 Å². The predicted molar refractivity (Wildman–Crippen MR) is 71.7 cm³/mol. The molecule has 110 valence electrons. The van der Waals surface area contributed by atoms with Crippen LogP contribution in [0.15, 0.2) is 12.1 Å². The van der Waals surface area contributed by atoms with Crippen LogP contribution in [0.5, 0.6) is 5.75 Å². The number of anilines is 1. The van der Waals surface area contributed by atoms with Crippen molar-refractivity contribution in [3.05, 3.63) is 28.1 Å². The lowest BCUT2D eigenvalue weighted by atomic mass is 10.1.